The first-order valence-corrected chi connectivity index (χ1v) is 9.92. The minimum absolute atomic E-state index is 0.154. The lowest BCUT2D eigenvalue weighted by Crippen LogP contribution is -2.49. The van der Waals surface area contributed by atoms with Crippen LogP contribution in [-0.2, 0) is 14.6 Å². The van der Waals surface area contributed by atoms with Gasteiger partial charge in [-0.25, -0.2) is 8.42 Å². The molecule has 1 aliphatic heterocycles. The Labute approximate surface area is 123 Å². The number of ether oxygens (including phenoxy) is 1. The molecule has 2 fully saturated rings. The number of hydrogen-bond acceptors (Lipinski definition) is 4. The van der Waals surface area contributed by atoms with E-state index in [0.29, 0.717) is 17.9 Å². The summed E-state index contributed by atoms with van der Waals surface area (Å²) < 4.78 is 29.6. The van der Waals surface area contributed by atoms with Crippen LogP contribution in [0.2, 0.25) is 0 Å². The molecule has 5 atom stereocenters. The van der Waals surface area contributed by atoms with Crippen LogP contribution >= 0.6 is 0 Å². The number of likely N-dealkylation sites (N-methyl/N-ethyl adjacent to an activating group) is 1. The van der Waals surface area contributed by atoms with Gasteiger partial charge < -0.3 is 10.1 Å². The number of hydrogen-bond donors (Lipinski definition) is 1. The standard InChI is InChI=1S/C15H29NO3S/c1-4-16-14(15-11(2)8-9-19-15)12-6-5-7-13(10-12)20(3,17)18/h11-16H,4-10H2,1-3H3. The predicted molar refractivity (Wildman–Crippen MR) is 81.6 cm³/mol. The van der Waals surface area contributed by atoms with Crippen molar-refractivity contribution in [1.29, 1.82) is 0 Å². The molecule has 5 heteroatoms. The zero-order valence-electron chi connectivity index (χ0n) is 13.0. The van der Waals surface area contributed by atoms with Gasteiger partial charge >= 0.3 is 0 Å². The third kappa shape index (κ3) is 3.74. The van der Waals surface area contributed by atoms with Gasteiger partial charge in [-0.15, -0.1) is 0 Å². The molecule has 2 aliphatic rings. The Bertz CT molecular complexity index is 409. The minimum atomic E-state index is -2.91. The summed E-state index contributed by atoms with van der Waals surface area (Å²) in [5, 5.41) is 3.42. The van der Waals surface area contributed by atoms with Crippen molar-refractivity contribution in [2.24, 2.45) is 11.8 Å². The van der Waals surface area contributed by atoms with Crippen LogP contribution in [0.15, 0.2) is 0 Å². The second-order valence-corrected chi connectivity index (χ2v) is 8.89. The van der Waals surface area contributed by atoms with Crippen molar-refractivity contribution in [1.82, 2.24) is 5.32 Å². The molecule has 0 spiro atoms. The van der Waals surface area contributed by atoms with Crippen LogP contribution < -0.4 is 5.32 Å². The Morgan fingerprint density at radius 2 is 2.05 bits per heavy atom. The van der Waals surface area contributed by atoms with Gasteiger partial charge in [0.2, 0.25) is 0 Å². The van der Waals surface area contributed by atoms with Crippen molar-refractivity contribution in [2.75, 3.05) is 19.4 Å². The van der Waals surface area contributed by atoms with Crippen LogP contribution in [0.3, 0.4) is 0 Å². The lowest BCUT2D eigenvalue weighted by Gasteiger charge is -2.38. The molecule has 4 nitrogen and oxygen atoms in total. The molecule has 1 heterocycles. The Morgan fingerprint density at radius 1 is 1.30 bits per heavy atom. The predicted octanol–water partition coefficient (Wildman–Crippen LogP) is 1.99. The molecule has 118 valence electrons. The first-order valence-electron chi connectivity index (χ1n) is 7.97. The van der Waals surface area contributed by atoms with Gasteiger partial charge in [0.15, 0.2) is 0 Å². The Balaban J connectivity index is 2.08. The molecule has 2 rings (SSSR count). The van der Waals surface area contributed by atoms with Gasteiger partial charge in [-0.2, -0.15) is 0 Å². The average molecular weight is 303 g/mol. The molecule has 0 amide bonds. The highest BCUT2D eigenvalue weighted by atomic mass is 32.2. The largest absolute Gasteiger partial charge is 0.376 e. The van der Waals surface area contributed by atoms with E-state index >= 15 is 0 Å². The van der Waals surface area contributed by atoms with Crippen LogP contribution in [0.4, 0.5) is 0 Å². The average Bonchev–Trinajstić information content (AvgIpc) is 2.81. The summed E-state index contributed by atoms with van der Waals surface area (Å²) in [4.78, 5) is 0. The molecule has 1 saturated heterocycles. The van der Waals surface area contributed by atoms with Gasteiger partial charge in [-0.3, -0.25) is 0 Å². The SMILES string of the molecule is CCNC(C1CCCC(S(C)(=O)=O)C1)C1OCCC1C. The van der Waals surface area contributed by atoms with E-state index in [1.807, 2.05) is 0 Å². The molecular weight excluding hydrogens is 274 g/mol. The van der Waals surface area contributed by atoms with Crippen LogP contribution in [-0.4, -0.2) is 45.2 Å². The highest BCUT2D eigenvalue weighted by Gasteiger charge is 2.39. The second-order valence-electron chi connectivity index (χ2n) is 6.56. The van der Waals surface area contributed by atoms with E-state index in [1.165, 1.54) is 6.26 Å². The summed E-state index contributed by atoms with van der Waals surface area (Å²) in [6.07, 6.45) is 6.52. The molecule has 1 aliphatic carbocycles. The highest BCUT2D eigenvalue weighted by Crippen LogP contribution is 2.35. The molecule has 1 N–H and O–H groups in total. The Kier molecular flexibility index (Phi) is 5.49. The van der Waals surface area contributed by atoms with Crippen molar-refractivity contribution in [3.63, 3.8) is 0 Å². The molecule has 1 saturated carbocycles. The van der Waals surface area contributed by atoms with Gasteiger partial charge in [-0.05, 0) is 44.1 Å². The summed E-state index contributed by atoms with van der Waals surface area (Å²) in [5.74, 6) is 0.992. The topological polar surface area (TPSA) is 55.4 Å². The number of nitrogens with one attached hydrogen (secondary N) is 1. The summed E-state index contributed by atoms with van der Waals surface area (Å²) >= 11 is 0. The second kappa shape index (κ2) is 6.75. The van der Waals surface area contributed by atoms with Gasteiger partial charge in [0.1, 0.15) is 9.84 Å². The van der Waals surface area contributed by atoms with Gasteiger partial charge in [0.05, 0.1) is 11.4 Å². The number of rotatable bonds is 5. The van der Waals surface area contributed by atoms with E-state index in [4.69, 9.17) is 4.74 Å². The highest BCUT2D eigenvalue weighted by molar-refractivity contribution is 7.91. The number of sulfone groups is 1. The van der Waals surface area contributed by atoms with E-state index in [-0.39, 0.29) is 11.4 Å². The minimum Gasteiger partial charge on any atom is -0.376 e. The van der Waals surface area contributed by atoms with E-state index < -0.39 is 9.84 Å². The fraction of sp³-hybridized carbons (Fsp3) is 1.00. The molecule has 0 bridgehead atoms. The molecule has 0 radical (unpaired) electrons. The maximum absolute atomic E-state index is 11.8. The van der Waals surface area contributed by atoms with Crippen molar-refractivity contribution in [3.8, 4) is 0 Å². The van der Waals surface area contributed by atoms with Crippen LogP contribution in [0.1, 0.15) is 46.0 Å². The third-order valence-corrected chi connectivity index (χ3v) is 6.66. The van der Waals surface area contributed by atoms with E-state index in [0.717, 1.165) is 45.3 Å². The molecule has 20 heavy (non-hydrogen) atoms. The summed E-state index contributed by atoms with van der Waals surface area (Å²) in [6, 6.07) is 0.307. The summed E-state index contributed by atoms with van der Waals surface area (Å²) in [5.41, 5.74) is 0. The maximum Gasteiger partial charge on any atom is 0.150 e. The fourth-order valence-corrected chi connectivity index (χ4v) is 5.05. The molecule has 0 aromatic heterocycles. The van der Waals surface area contributed by atoms with E-state index in [9.17, 15) is 8.42 Å². The van der Waals surface area contributed by atoms with Gasteiger partial charge in [-0.1, -0.05) is 20.3 Å². The van der Waals surface area contributed by atoms with Crippen molar-refractivity contribution < 1.29 is 13.2 Å². The van der Waals surface area contributed by atoms with Crippen molar-refractivity contribution >= 4 is 9.84 Å². The molecular formula is C15H29NO3S. The first kappa shape index (κ1) is 16.2. The van der Waals surface area contributed by atoms with Crippen LogP contribution in [0, 0.1) is 11.8 Å². The maximum atomic E-state index is 11.8. The Hall–Kier alpha value is -0.130. The van der Waals surface area contributed by atoms with Crippen LogP contribution in [0.25, 0.3) is 0 Å². The van der Waals surface area contributed by atoms with Crippen molar-refractivity contribution in [2.45, 2.75) is 63.3 Å². The Morgan fingerprint density at radius 3 is 2.60 bits per heavy atom. The lowest BCUT2D eigenvalue weighted by atomic mass is 9.79. The fourth-order valence-electron chi connectivity index (χ4n) is 3.86. The van der Waals surface area contributed by atoms with E-state index in [1.54, 1.807) is 0 Å². The zero-order chi connectivity index (χ0) is 14.8. The molecule has 0 aromatic carbocycles. The molecule has 5 unspecified atom stereocenters. The quantitative estimate of drug-likeness (QED) is 0.844. The van der Waals surface area contributed by atoms with Gasteiger partial charge in [0, 0.05) is 18.9 Å². The smallest absolute Gasteiger partial charge is 0.150 e. The van der Waals surface area contributed by atoms with Gasteiger partial charge in [0.25, 0.3) is 0 Å². The lowest BCUT2D eigenvalue weighted by molar-refractivity contribution is 0.0342. The first-order chi connectivity index (χ1) is 9.43. The molecule has 0 aromatic rings. The van der Waals surface area contributed by atoms with Crippen molar-refractivity contribution in [3.05, 3.63) is 0 Å². The normalized spacial score (nSPS) is 37.0. The van der Waals surface area contributed by atoms with Crippen LogP contribution in [0.5, 0.6) is 0 Å². The summed E-state index contributed by atoms with van der Waals surface area (Å²) in [7, 11) is -2.91. The monoisotopic (exact) mass is 303 g/mol. The zero-order valence-corrected chi connectivity index (χ0v) is 13.8. The third-order valence-electron chi connectivity index (χ3n) is 5.02. The summed E-state index contributed by atoms with van der Waals surface area (Å²) in [6.45, 7) is 6.12. The van der Waals surface area contributed by atoms with E-state index in [2.05, 4.69) is 19.2 Å².